The van der Waals surface area contributed by atoms with Gasteiger partial charge in [0.05, 0.1) is 12.3 Å². The molecule has 1 rings (SSSR count). The van der Waals surface area contributed by atoms with Crippen molar-refractivity contribution in [1.82, 2.24) is 0 Å². The fraction of sp³-hybridized carbons (Fsp3) is 0.588. The minimum Gasteiger partial charge on any atom is -0.491 e. The van der Waals surface area contributed by atoms with E-state index in [1.807, 2.05) is 19.1 Å². The number of benzene rings is 1. The van der Waals surface area contributed by atoms with E-state index < -0.39 is 0 Å². The SMILES string of the molecule is CCCc1cccc(NC(=O)CC(C)(C)C)c1OCC. The Labute approximate surface area is 122 Å². The average Bonchev–Trinajstić information content (AvgIpc) is 2.31. The van der Waals surface area contributed by atoms with E-state index in [2.05, 4.69) is 39.1 Å². The first kappa shape index (κ1) is 16.5. The number of anilines is 1. The second-order valence-electron chi connectivity index (χ2n) is 6.26. The largest absolute Gasteiger partial charge is 0.491 e. The van der Waals surface area contributed by atoms with Gasteiger partial charge in [-0.1, -0.05) is 46.2 Å². The zero-order valence-corrected chi connectivity index (χ0v) is 13.4. The predicted octanol–water partition coefficient (Wildman–Crippen LogP) is 4.41. The highest BCUT2D eigenvalue weighted by Crippen LogP contribution is 2.31. The molecule has 0 saturated carbocycles. The Morgan fingerprint density at radius 2 is 1.95 bits per heavy atom. The number of amides is 1. The van der Waals surface area contributed by atoms with Crippen LogP contribution in [0.3, 0.4) is 0 Å². The molecule has 0 aliphatic carbocycles. The standard InChI is InChI=1S/C17H27NO2/c1-6-9-13-10-8-11-14(16(13)20-7-2)18-15(19)12-17(3,4)5/h8,10-11H,6-7,9,12H2,1-5H3,(H,18,19). The average molecular weight is 277 g/mol. The van der Waals surface area contributed by atoms with Crippen LogP contribution in [0.1, 0.15) is 53.0 Å². The summed E-state index contributed by atoms with van der Waals surface area (Å²) in [6, 6.07) is 5.94. The molecule has 1 aromatic carbocycles. The summed E-state index contributed by atoms with van der Waals surface area (Å²) >= 11 is 0. The molecule has 0 heterocycles. The van der Waals surface area contributed by atoms with Gasteiger partial charge in [0, 0.05) is 6.42 Å². The maximum Gasteiger partial charge on any atom is 0.224 e. The lowest BCUT2D eigenvalue weighted by Crippen LogP contribution is -2.20. The normalized spacial score (nSPS) is 11.2. The van der Waals surface area contributed by atoms with Gasteiger partial charge in [0.25, 0.3) is 0 Å². The van der Waals surface area contributed by atoms with Crippen molar-refractivity contribution in [2.75, 3.05) is 11.9 Å². The Hall–Kier alpha value is -1.51. The highest BCUT2D eigenvalue weighted by molar-refractivity contribution is 5.92. The van der Waals surface area contributed by atoms with Crippen LogP contribution in [0.25, 0.3) is 0 Å². The third-order valence-corrected chi connectivity index (χ3v) is 2.87. The molecular formula is C17H27NO2. The number of rotatable bonds is 6. The quantitative estimate of drug-likeness (QED) is 0.836. The Morgan fingerprint density at radius 3 is 2.50 bits per heavy atom. The summed E-state index contributed by atoms with van der Waals surface area (Å²) in [7, 11) is 0. The van der Waals surface area contributed by atoms with Crippen LogP contribution in [0.4, 0.5) is 5.69 Å². The van der Waals surface area contributed by atoms with Crippen molar-refractivity contribution in [3.05, 3.63) is 23.8 Å². The Bertz CT molecular complexity index is 447. The molecule has 112 valence electrons. The van der Waals surface area contributed by atoms with E-state index in [4.69, 9.17) is 4.74 Å². The molecule has 0 unspecified atom stereocenters. The summed E-state index contributed by atoms with van der Waals surface area (Å²) in [5.41, 5.74) is 1.92. The van der Waals surface area contributed by atoms with Crippen molar-refractivity contribution in [1.29, 1.82) is 0 Å². The third kappa shape index (κ3) is 5.24. The Balaban J connectivity index is 2.93. The van der Waals surface area contributed by atoms with Crippen LogP contribution in [0, 0.1) is 5.41 Å². The van der Waals surface area contributed by atoms with Crippen molar-refractivity contribution in [2.45, 2.75) is 53.9 Å². The van der Waals surface area contributed by atoms with E-state index in [1.54, 1.807) is 0 Å². The maximum atomic E-state index is 12.1. The molecule has 0 fully saturated rings. The number of hydrogen-bond donors (Lipinski definition) is 1. The van der Waals surface area contributed by atoms with Crippen LogP contribution in [-0.4, -0.2) is 12.5 Å². The molecule has 1 aromatic rings. The van der Waals surface area contributed by atoms with Gasteiger partial charge in [0.2, 0.25) is 5.91 Å². The van der Waals surface area contributed by atoms with Crippen molar-refractivity contribution < 1.29 is 9.53 Å². The van der Waals surface area contributed by atoms with Crippen LogP contribution < -0.4 is 10.1 Å². The molecule has 0 aliphatic rings. The first-order chi connectivity index (χ1) is 9.37. The smallest absolute Gasteiger partial charge is 0.224 e. The van der Waals surface area contributed by atoms with Crippen molar-refractivity contribution in [3.63, 3.8) is 0 Å². The van der Waals surface area contributed by atoms with Gasteiger partial charge in [-0.05, 0) is 30.4 Å². The topological polar surface area (TPSA) is 38.3 Å². The zero-order chi connectivity index (χ0) is 15.2. The predicted molar refractivity (Wildman–Crippen MR) is 84.3 cm³/mol. The molecule has 0 aliphatic heterocycles. The summed E-state index contributed by atoms with van der Waals surface area (Å²) in [5, 5.41) is 2.99. The molecule has 1 amide bonds. The summed E-state index contributed by atoms with van der Waals surface area (Å²) in [6.45, 7) is 10.9. The molecule has 0 saturated heterocycles. The molecule has 0 spiro atoms. The summed E-state index contributed by atoms with van der Waals surface area (Å²) in [4.78, 5) is 12.1. The zero-order valence-electron chi connectivity index (χ0n) is 13.4. The Morgan fingerprint density at radius 1 is 1.25 bits per heavy atom. The molecule has 0 bridgehead atoms. The van der Waals surface area contributed by atoms with Gasteiger partial charge >= 0.3 is 0 Å². The van der Waals surface area contributed by atoms with Gasteiger partial charge in [-0.25, -0.2) is 0 Å². The first-order valence-corrected chi connectivity index (χ1v) is 7.42. The first-order valence-electron chi connectivity index (χ1n) is 7.42. The molecule has 20 heavy (non-hydrogen) atoms. The van der Waals surface area contributed by atoms with E-state index in [0.717, 1.165) is 29.8 Å². The number of aryl methyl sites for hydroxylation is 1. The van der Waals surface area contributed by atoms with Crippen molar-refractivity contribution in [3.8, 4) is 5.75 Å². The van der Waals surface area contributed by atoms with Crippen LogP contribution in [0.2, 0.25) is 0 Å². The van der Waals surface area contributed by atoms with Crippen molar-refractivity contribution >= 4 is 11.6 Å². The summed E-state index contributed by atoms with van der Waals surface area (Å²) in [6.07, 6.45) is 2.51. The molecule has 0 radical (unpaired) electrons. The van der Waals surface area contributed by atoms with Crippen molar-refractivity contribution in [2.24, 2.45) is 5.41 Å². The molecule has 1 N–H and O–H groups in total. The minimum atomic E-state index is -0.0170. The molecule has 3 nitrogen and oxygen atoms in total. The summed E-state index contributed by atoms with van der Waals surface area (Å²) < 4.78 is 5.74. The second kappa shape index (κ2) is 7.32. The second-order valence-corrected chi connectivity index (χ2v) is 6.26. The van der Waals surface area contributed by atoms with E-state index >= 15 is 0 Å². The third-order valence-electron chi connectivity index (χ3n) is 2.87. The number of hydrogen-bond acceptors (Lipinski definition) is 2. The van der Waals surface area contributed by atoms with Gasteiger partial charge in [0.15, 0.2) is 0 Å². The monoisotopic (exact) mass is 277 g/mol. The highest BCUT2D eigenvalue weighted by atomic mass is 16.5. The van der Waals surface area contributed by atoms with Gasteiger partial charge in [-0.2, -0.15) is 0 Å². The number of para-hydroxylation sites is 1. The number of carbonyl (C=O) groups is 1. The van der Waals surface area contributed by atoms with E-state index in [0.29, 0.717) is 13.0 Å². The minimum absolute atomic E-state index is 0.0170. The van der Waals surface area contributed by atoms with Crippen LogP contribution in [0.15, 0.2) is 18.2 Å². The molecule has 0 aromatic heterocycles. The fourth-order valence-electron chi connectivity index (χ4n) is 2.14. The van der Waals surface area contributed by atoms with Crippen LogP contribution in [-0.2, 0) is 11.2 Å². The van der Waals surface area contributed by atoms with E-state index in [9.17, 15) is 4.79 Å². The lowest BCUT2D eigenvalue weighted by molar-refractivity contribution is -0.117. The van der Waals surface area contributed by atoms with Crippen LogP contribution in [0.5, 0.6) is 5.75 Å². The van der Waals surface area contributed by atoms with E-state index in [-0.39, 0.29) is 11.3 Å². The molecular weight excluding hydrogens is 250 g/mol. The summed E-state index contributed by atoms with van der Waals surface area (Å²) in [5.74, 6) is 0.853. The van der Waals surface area contributed by atoms with E-state index in [1.165, 1.54) is 0 Å². The Kier molecular flexibility index (Phi) is 6.05. The highest BCUT2D eigenvalue weighted by Gasteiger charge is 2.18. The lowest BCUT2D eigenvalue weighted by atomic mass is 9.92. The fourth-order valence-corrected chi connectivity index (χ4v) is 2.14. The van der Waals surface area contributed by atoms with Gasteiger partial charge in [0.1, 0.15) is 5.75 Å². The molecule has 0 atom stereocenters. The molecule has 3 heteroatoms. The number of nitrogens with one attached hydrogen (secondary N) is 1. The lowest BCUT2D eigenvalue weighted by Gasteiger charge is -2.19. The van der Waals surface area contributed by atoms with Gasteiger partial charge in [-0.3, -0.25) is 4.79 Å². The number of ether oxygens (including phenoxy) is 1. The van der Waals surface area contributed by atoms with Crippen LogP contribution >= 0.6 is 0 Å². The van der Waals surface area contributed by atoms with Gasteiger partial charge in [-0.15, -0.1) is 0 Å². The maximum absolute atomic E-state index is 12.1. The van der Waals surface area contributed by atoms with Gasteiger partial charge < -0.3 is 10.1 Å². The number of carbonyl (C=O) groups excluding carboxylic acids is 1.